The Morgan fingerprint density at radius 1 is 1.12 bits per heavy atom. The van der Waals surface area contributed by atoms with Crippen LogP contribution in [-0.4, -0.2) is 42.9 Å². The van der Waals surface area contributed by atoms with Crippen molar-refractivity contribution in [1.29, 1.82) is 0 Å². The smallest absolute Gasteiger partial charge is 0.254 e. The molecule has 1 aliphatic rings. The van der Waals surface area contributed by atoms with E-state index in [-0.39, 0.29) is 23.2 Å². The van der Waals surface area contributed by atoms with Crippen molar-refractivity contribution < 1.29 is 14.3 Å². The Labute approximate surface area is 152 Å². The minimum atomic E-state index is -0.303. The van der Waals surface area contributed by atoms with E-state index in [1.165, 1.54) is 0 Å². The van der Waals surface area contributed by atoms with Gasteiger partial charge in [0.25, 0.3) is 5.91 Å². The molecule has 0 N–H and O–H groups in total. The largest absolute Gasteiger partial charge is 0.355 e. The minimum Gasteiger partial charge on any atom is -0.355 e. The van der Waals surface area contributed by atoms with Gasteiger partial charge in [0, 0.05) is 36.8 Å². The summed E-state index contributed by atoms with van der Waals surface area (Å²) < 4.78 is 11.0. The standard InChI is InChI=1S/C21H33NO3/c1-15-8-10-16(11-9-15)18(23)22(17-12-13-17)21(4,5)14-20(2,3)19(24-6)25-7/h8-11,17,19H,12-14H2,1-7H3. The van der Waals surface area contributed by atoms with Gasteiger partial charge in [0.1, 0.15) is 0 Å². The molecule has 1 amide bonds. The highest BCUT2D eigenvalue weighted by Crippen LogP contribution is 2.41. The van der Waals surface area contributed by atoms with Crippen LogP contribution < -0.4 is 0 Å². The first-order valence-corrected chi connectivity index (χ1v) is 9.08. The van der Waals surface area contributed by atoms with Gasteiger partial charge in [-0.05, 0) is 52.2 Å². The van der Waals surface area contributed by atoms with E-state index in [2.05, 4.69) is 32.6 Å². The number of benzene rings is 1. The fourth-order valence-corrected chi connectivity index (χ4v) is 4.12. The number of amides is 1. The third-order valence-electron chi connectivity index (χ3n) is 5.04. The van der Waals surface area contributed by atoms with E-state index in [1.54, 1.807) is 14.2 Å². The molecule has 1 aromatic rings. The van der Waals surface area contributed by atoms with Crippen LogP contribution in [0.1, 0.15) is 62.9 Å². The summed E-state index contributed by atoms with van der Waals surface area (Å²) in [5.74, 6) is 0.120. The zero-order valence-corrected chi connectivity index (χ0v) is 16.8. The van der Waals surface area contributed by atoms with E-state index in [4.69, 9.17) is 9.47 Å². The Kier molecular flexibility index (Phi) is 5.95. The predicted octanol–water partition coefficient (Wildman–Crippen LogP) is 4.41. The number of rotatable bonds is 8. The first-order chi connectivity index (χ1) is 11.6. The molecule has 1 fully saturated rings. The number of aryl methyl sites for hydroxylation is 1. The zero-order chi connectivity index (χ0) is 18.8. The lowest BCUT2D eigenvalue weighted by molar-refractivity contribution is -0.176. The number of carbonyl (C=O) groups excluding carboxylic acids is 1. The Morgan fingerprint density at radius 2 is 1.64 bits per heavy atom. The van der Waals surface area contributed by atoms with Crippen molar-refractivity contribution in [1.82, 2.24) is 4.90 Å². The molecule has 25 heavy (non-hydrogen) atoms. The number of hydrogen-bond acceptors (Lipinski definition) is 3. The van der Waals surface area contributed by atoms with Gasteiger partial charge in [-0.2, -0.15) is 0 Å². The van der Waals surface area contributed by atoms with Crippen LogP contribution in [0.4, 0.5) is 0 Å². The number of methoxy groups -OCH3 is 2. The maximum Gasteiger partial charge on any atom is 0.254 e. The SMILES string of the molecule is COC(OC)C(C)(C)CC(C)(C)N(C(=O)c1ccc(C)cc1)C1CC1. The lowest BCUT2D eigenvalue weighted by Crippen LogP contribution is -2.53. The molecule has 4 heteroatoms. The Morgan fingerprint density at radius 3 is 2.08 bits per heavy atom. The van der Waals surface area contributed by atoms with Crippen molar-refractivity contribution in [3.05, 3.63) is 35.4 Å². The van der Waals surface area contributed by atoms with Gasteiger partial charge in [-0.1, -0.05) is 31.5 Å². The second-order valence-corrected chi connectivity index (χ2v) is 8.55. The van der Waals surface area contributed by atoms with E-state index in [9.17, 15) is 4.79 Å². The lowest BCUT2D eigenvalue weighted by atomic mass is 9.78. The molecule has 0 saturated heterocycles. The van der Waals surface area contributed by atoms with E-state index in [0.29, 0.717) is 6.04 Å². The summed E-state index contributed by atoms with van der Waals surface area (Å²) in [7, 11) is 3.33. The molecule has 140 valence electrons. The Hall–Kier alpha value is -1.39. The lowest BCUT2D eigenvalue weighted by Gasteiger charge is -2.45. The molecule has 0 heterocycles. The molecule has 1 aromatic carbocycles. The van der Waals surface area contributed by atoms with E-state index in [1.807, 2.05) is 31.2 Å². The van der Waals surface area contributed by atoms with Crippen LogP contribution in [0.5, 0.6) is 0 Å². The topological polar surface area (TPSA) is 38.8 Å². The molecular formula is C21H33NO3. The average molecular weight is 347 g/mol. The number of hydrogen-bond donors (Lipinski definition) is 0. The molecule has 4 nitrogen and oxygen atoms in total. The highest BCUT2D eigenvalue weighted by Gasteiger charge is 2.46. The Balaban J connectivity index is 2.26. The van der Waals surface area contributed by atoms with Gasteiger partial charge >= 0.3 is 0 Å². The first-order valence-electron chi connectivity index (χ1n) is 9.08. The number of nitrogens with zero attached hydrogens (tertiary/aromatic N) is 1. The quantitative estimate of drug-likeness (QED) is 0.654. The minimum absolute atomic E-state index is 0.120. The van der Waals surface area contributed by atoms with Crippen molar-refractivity contribution >= 4 is 5.91 Å². The van der Waals surface area contributed by atoms with Crippen molar-refractivity contribution in [2.45, 2.75) is 71.8 Å². The second-order valence-electron chi connectivity index (χ2n) is 8.55. The van der Waals surface area contributed by atoms with Crippen LogP contribution in [0.25, 0.3) is 0 Å². The van der Waals surface area contributed by atoms with Gasteiger partial charge in [0.2, 0.25) is 0 Å². The van der Waals surface area contributed by atoms with Crippen LogP contribution in [0, 0.1) is 12.3 Å². The van der Waals surface area contributed by atoms with Crippen LogP contribution in [0.3, 0.4) is 0 Å². The molecule has 1 saturated carbocycles. The van der Waals surface area contributed by atoms with Crippen LogP contribution in [0.15, 0.2) is 24.3 Å². The molecule has 0 aliphatic heterocycles. The third kappa shape index (κ3) is 4.62. The van der Waals surface area contributed by atoms with Gasteiger partial charge < -0.3 is 14.4 Å². The molecule has 0 atom stereocenters. The Bertz CT molecular complexity index is 584. The monoisotopic (exact) mass is 347 g/mol. The van der Waals surface area contributed by atoms with Crippen molar-refractivity contribution in [2.75, 3.05) is 14.2 Å². The number of carbonyl (C=O) groups is 1. The molecule has 0 unspecified atom stereocenters. The summed E-state index contributed by atoms with van der Waals surface area (Å²) in [6.45, 7) is 10.6. The molecule has 0 spiro atoms. The fourth-order valence-electron chi connectivity index (χ4n) is 4.12. The van der Waals surface area contributed by atoms with Crippen molar-refractivity contribution in [3.8, 4) is 0 Å². The first kappa shape index (κ1) is 19.9. The summed E-state index contributed by atoms with van der Waals surface area (Å²) >= 11 is 0. The summed E-state index contributed by atoms with van der Waals surface area (Å²) in [4.78, 5) is 15.3. The highest BCUT2D eigenvalue weighted by atomic mass is 16.7. The van der Waals surface area contributed by atoms with Gasteiger partial charge in [0.05, 0.1) is 0 Å². The van der Waals surface area contributed by atoms with Gasteiger partial charge in [-0.25, -0.2) is 0 Å². The molecular weight excluding hydrogens is 314 g/mol. The normalized spacial score (nSPS) is 15.5. The molecule has 0 bridgehead atoms. The maximum absolute atomic E-state index is 13.2. The van der Waals surface area contributed by atoms with Crippen LogP contribution >= 0.6 is 0 Å². The van der Waals surface area contributed by atoms with Gasteiger partial charge in [-0.3, -0.25) is 4.79 Å². The van der Waals surface area contributed by atoms with E-state index >= 15 is 0 Å². The summed E-state index contributed by atoms with van der Waals surface area (Å²) in [6.07, 6.45) is 2.65. The maximum atomic E-state index is 13.2. The molecule has 1 aliphatic carbocycles. The van der Waals surface area contributed by atoms with Crippen LogP contribution in [-0.2, 0) is 9.47 Å². The van der Waals surface area contributed by atoms with Crippen molar-refractivity contribution in [3.63, 3.8) is 0 Å². The van der Waals surface area contributed by atoms with Gasteiger partial charge in [0.15, 0.2) is 6.29 Å². The van der Waals surface area contributed by atoms with Crippen molar-refractivity contribution in [2.24, 2.45) is 5.41 Å². The predicted molar refractivity (Wildman–Crippen MR) is 101 cm³/mol. The number of ether oxygens (including phenoxy) is 2. The zero-order valence-electron chi connectivity index (χ0n) is 16.8. The highest BCUT2D eigenvalue weighted by molar-refractivity contribution is 5.95. The molecule has 2 rings (SSSR count). The molecule has 0 radical (unpaired) electrons. The van der Waals surface area contributed by atoms with E-state index in [0.717, 1.165) is 30.4 Å². The average Bonchev–Trinajstić information content (AvgIpc) is 3.32. The van der Waals surface area contributed by atoms with Gasteiger partial charge in [-0.15, -0.1) is 0 Å². The second kappa shape index (κ2) is 7.46. The summed E-state index contributed by atoms with van der Waals surface area (Å²) in [5.41, 5.74) is 1.42. The van der Waals surface area contributed by atoms with E-state index < -0.39 is 0 Å². The van der Waals surface area contributed by atoms with Crippen LogP contribution in [0.2, 0.25) is 0 Å². The summed E-state index contributed by atoms with van der Waals surface area (Å²) in [6, 6.07) is 8.20. The molecule has 0 aromatic heterocycles. The fraction of sp³-hybridized carbons (Fsp3) is 0.667. The third-order valence-corrected chi connectivity index (χ3v) is 5.04. The summed E-state index contributed by atoms with van der Waals surface area (Å²) in [5, 5.41) is 0.